The Morgan fingerprint density at radius 3 is 1.37 bits per heavy atom. The van der Waals surface area contributed by atoms with Crippen molar-refractivity contribution in [2.24, 2.45) is 9.98 Å². The molecule has 2 aliphatic rings. The van der Waals surface area contributed by atoms with Gasteiger partial charge < -0.3 is 49.7 Å². The Balaban J connectivity index is 0.000000199. The minimum absolute atomic E-state index is 0. The van der Waals surface area contributed by atoms with Crippen molar-refractivity contribution in [3.05, 3.63) is 230 Å². The maximum absolute atomic E-state index is 5.89. The van der Waals surface area contributed by atoms with Crippen molar-refractivity contribution in [2.45, 2.75) is 19.3 Å². The topological polar surface area (TPSA) is 110 Å². The number of aliphatic imine (C=N–C) groups is 2. The molecule has 2 aromatic heterocycles. The minimum Gasteiger partial charge on any atom is -0.502 e. The molecule has 0 aliphatic carbocycles. The number of ether oxygens (including phenoxy) is 2. The van der Waals surface area contributed by atoms with Gasteiger partial charge in [0.2, 0.25) is 0 Å². The number of fused-ring (bicyclic) bond motifs is 2. The number of anilines is 6. The van der Waals surface area contributed by atoms with Crippen molar-refractivity contribution in [1.29, 1.82) is 0 Å². The number of pyridine rings is 2. The Hall–Kier alpha value is -7.26. The van der Waals surface area contributed by atoms with Crippen molar-refractivity contribution in [2.75, 3.05) is 46.9 Å². The third-order valence-corrected chi connectivity index (χ3v) is 10.5. The smallest absolute Gasteiger partial charge is 0.124 e. The van der Waals surface area contributed by atoms with E-state index in [4.69, 9.17) is 9.47 Å². The molecule has 0 N–H and O–H groups in total. The Morgan fingerprint density at radius 2 is 0.944 bits per heavy atom. The molecular formula is C57H52N10O2Pt2-6. The van der Waals surface area contributed by atoms with Crippen LogP contribution in [0.2, 0.25) is 0 Å². The van der Waals surface area contributed by atoms with Crippen molar-refractivity contribution < 1.29 is 51.6 Å². The number of para-hydroxylation sites is 4. The quantitative estimate of drug-likeness (QED) is 0.0407. The van der Waals surface area contributed by atoms with E-state index in [2.05, 4.69) is 64.7 Å². The van der Waals surface area contributed by atoms with Crippen molar-refractivity contribution in [1.82, 2.24) is 9.97 Å². The summed E-state index contributed by atoms with van der Waals surface area (Å²) in [5, 5.41) is 8.79. The maximum Gasteiger partial charge on any atom is 0.124 e. The largest absolute Gasteiger partial charge is 0.502 e. The van der Waals surface area contributed by atoms with Gasteiger partial charge in [0, 0.05) is 65.9 Å². The number of rotatable bonds is 16. The third-order valence-electron chi connectivity index (χ3n) is 10.5. The molecule has 0 unspecified atom stereocenters. The van der Waals surface area contributed by atoms with Crippen LogP contribution in [0.4, 0.5) is 57.1 Å². The fourth-order valence-electron chi connectivity index (χ4n) is 7.12. The molecular weight excluding hydrogens is 1250 g/mol. The summed E-state index contributed by atoms with van der Waals surface area (Å²) < 4.78 is 11.8. The molecule has 2 aliphatic heterocycles. The zero-order valence-electron chi connectivity index (χ0n) is 39.2. The van der Waals surface area contributed by atoms with E-state index in [1.54, 1.807) is 12.7 Å². The first-order valence-electron chi connectivity index (χ1n) is 22.7. The van der Waals surface area contributed by atoms with Crippen LogP contribution in [0, 0.1) is 25.5 Å². The summed E-state index contributed by atoms with van der Waals surface area (Å²) in [6.07, 6.45) is 9.66. The monoisotopic (exact) mass is 1300 g/mol. The van der Waals surface area contributed by atoms with E-state index >= 15 is 0 Å². The van der Waals surface area contributed by atoms with Crippen LogP contribution in [0.1, 0.15) is 19.3 Å². The minimum atomic E-state index is 0. The van der Waals surface area contributed by atoms with E-state index in [9.17, 15) is 0 Å². The molecule has 368 valence electrons. The number of unbranched alkanes of at least 4 members (excludes halogenated alkanes) is 2. The van der Waals surface area contributed by atoms with Gasteiger partial charge in [-0.15, -0.1) is 11.4 Å². The fraction of sp³-hybridized carbons (Fsp3) is 0.123. The summed E-state index contributed by atoms with van der Waals surface area (Å²) in [4.78, 5) is 25.7. The van der Waals surface area contributed by atoms with Crippen LogP contribution in [-0.4, -0.2) is 50.0 Å². The van der Waals surface area contributed by atoms with Crippen LogP contribution >= 0.6 is 0 Å². The molecule has 6 aromatic carbocycles. The number of nitrogens with zero attached hydrogens (tertiary/aromatic N) is 10. The van der Waals surface area contributed by atoms with Gasteiger partial charge in [0.25, 0.3) is 0 Å². The summed E-state index contributed by atoms with van der Waals surface area (Å²) in [6.45, 7) is 5.33. The molecule has 0 radical (unpaired) electrons. The average Bonchev–Trinajstić information content (AvgIpc) is 3.93. The van der Waals surface area contributed by atoms with E-state index in [0.29, 0.717) is 13.2 Å². The molecule has 0 saturated heterocycles. The van der Waals surface area contributed by atoms with Gasteiger partial charge in [-0.3, -0.25) is 0 Å². The number of benzene rings is 6. The molecule has 0 saturated carbocycles. The Kier molecular flexibility index (Phi) is 21.2. The van der Waals surface area contributed by atoms with Gasteiger partial charge in [-0.25, -0.2) is 9.97 Å². The van der Waals surface area contributed by atoms with Crippen LogP contribution < -0.4 is 29.1 Å². The second-order valence-corrected chi connectivity index (χ2v) is 15.6. The molecule has 10 rings (SSSR count). The first kappa shape index (κ1) is 53.1. The van der Waals surface area contributed by atoms with E-state index in [0.717, 1.165) is 87.9 Å². The van der Waals surface area contributed by atoms with E-state index in [-0.39, 0.29) is 42.1 Å². The van der Waals surface area contributed by atoms with Gasteiger partial charge in [-0.05, 0) is 105 Å². The predicted octanol–water partition coefficient (Wildman–Crippen LogP) is 14.2. The molecule has 0 bridgehead atoms. The summed E-state index contributed by atoms with van der Waals surface area (Å²) in [5.74, 6) is 3.52. The summed E-state index contributed by atoms with van der Waals surface area (Å²) in [5.41, 5.74) is 7.60. The number of hydrogen-bond acceptors (Lipinski definition) is 10. The van der Waals surface area contributed by atoms with Crippen LogP contribution in [-0.2, 0) is 42.1 Å². The molecule has 12 nitrogen and oxygen atoms in total. The normalized spacial score (nSPS) is 12.1. The SMILES string of the molecule is C(=Nc1ccccc1)[N-]c1cccc(OCCCCCOc2cccc([N-]C=Nc3ccccc3)c2)c1.CN1[CH-]N(c2[c-]cccc2)c2ncccc21.CN1[CH-]N(c2[c-]cccc2)c2ncccc21.[Pt].[Pt]. The summed E-state index contributed by atoms with van der Waals surface area (Å²) >= 11 is 0. The second-order valence-electron chi connectivity index (χ2n) is 15.6. The molecule has 0 amide bonds. The van der Waals surface area contributed by atoms with Crippen molar-refractivity contribution in [3.8, 4) is 11.5 Å². The zero-order chi connectivity index (χ0) is 47.3. The number of hydrogen-bond donors (Lipinski definition) is 0. The van der Waals surface area contributed by atoms with E-state index < -0.39 is 0 Å². The van der Waals surface area contributed by atoms with Crippen LogP contribution in [0.3, 0.4) is 0 Å². The Bertz CT molecular complexity index is 2650. The molecule has 71 heavy (non-hydrogen) atoms. The standard InChI is InChI=1S/C31H30N4O2.2C13H11N3.2Pt/c1-4-12-26(13-5-1)32-24-34-28-16-10-18-30(22-28)36-20-8-3-9-21-37-31-19-11-17-29(23-31)35-25-33-27-14-6-2-7-15-27;2*1-15-10-16(11-6-3-2-4-7-11)13-12(15)8-5-9-14-13;;/h1-2,4-7,10-19,22-25H,3,8-9,20-21H2;2*2-6,8-10H,1H3;;/q3*-2;;. The van der Waals surface area contributed by atoms with E-state index in [1.807, 2.05) is 219 Å². The number of aromatic nitrogens is 2. The molecule has 0 atom stereocenters. The van der Waals surface area contributed by atoms with Crippen molar-refractivity contribution >= 4 is 69.8 Å². The van der Waals surface area contributed by atoms with E-state index in [1.165, 1.54) is 0 Å². The third kappa shape index (κ3) is 15.9. The molecule has 14 heteroatoms. The van der Waals surface area contributed by atoms with Gasteiger partial charge in [0.1, 0.15) is 23.1 Å². The van der Waals surface area contributed by atoms with Crippen molar-refractivity contribution in [3.63, 3.8) is 0 Å². The van der Waals surface area contributed by atoms with Gasteiger partial charge in [0.15, 0.2) is 0 Å². The van der Waals surface area contributed by atoms with Crippen LogP contribution in [0.25, 0.3) is 10.6 Å². The maximum atomic E-state index is 5.89. The van der Waals surface area contributed by atoms with Gasteiger partial charge >= 0.3 is 0 Å². The first-order chi connectivity index (χ1) is 34.1. The second kappa shape index (κ2) is 28.4. The van der Waals surface area contributed by atoms with Gasteiger partial charge in [-0.1, -0.05) is 97.6 Å². The zero-order valence-corrected chi connectivity index (χ0v) is 43.8. The Labute approximate surface area is 446 Å². The first-order valence-corrected chi connectivity index (χ1v) is 22.7. The van der Waals surface area contributed by atoms with Crippen LogP contribution in [0.15, 0.2) is 204 Å². The molecule has 8 aromatic rings. The van der Waals surface area contributed by atoms with Gasteiger partial charge in [-0.2, -0.15) is 74.0 Å². The Morgan fingerprint density at radius 1 is 0.507 bits per heavy atom. The fourth-order valence-corrected chi connectivity index (χ4v) is 7.12. The summed E-state index contributed by atoms with van der Waals surface area (Å²) in [7, 11) is 4.03. The predicted molar refractivity (Wildman–Crippen MR) is 282 cm³/mol. The summed E-state index contributed by atoms with van der Waals surface area (Å²) in [6, 6.07) is 65.1. The van der Waals surface area contributed by atoms with Crippen LogP contribution in [0.5, 0.6) is 11.5 Å². The molecule has 4 heterocycles. The van der Waals surface area contributed by atoms with Gasteiger partial charge in [0.05, 0.1) is 13.2 Å². The molecule has 0 fully saturated rings. The molecule has 0 spiro atoms. The average molecular weight is 1300 g/mol.